The highest BCUT2D eigenvalue weighted by molar-refractivity contribution is 9.10. The number of nitrogens with one attached hydrogen (secondary N) is 1. The van der Waals surface area contributed by atoms with E-state index in [4.69, 9.17) is 11.6 Å². The minimum atomic E-state index is -0.511. The number of anilines is 1. The van der Waals surface area contributed by atoms with Gasteiger partial charge in [-0.25, -0.2) is 4.39 Å². The van der Waals surface area contributed by atoms with Crippen molar-refractivity contribution < 1.29 is 9.18 Å². The van der Waals surface area contributed by atoms with Gasteiger partial charge in [0.05, 0.1) is 39.5 Å². The number of aromatic nitrogens is 4. The maximum atomic E-state index is 14.1. The Morgan fingerprint density at radius 1 is 1.21 bits per heavy atom. The summed E-state index contributed by atoms with van der Waals surface area (Å²) in [5.74, 6) is -0.600. The van der Waals surface area contributed by atoms with Crippen molar-refractivity contribution in [1.29, 1.82) is 0 Å². The summed E-state index contributed by atoms with van der Waals surface area (Å²) in [6.45, 7) is 9.37. The van der Waals surface area contributed by atoms with E-state index in [1.165, 1.54) is 6.07 Å². The van der Waals surface area contributed by atoms with Crippen molar-refractivity contribution in [3.8, 4) is 0 Å². The highest BCUT2D eigenvalue weighted by Crippen LogP contribution is 2.27. The molecule has 0 fully saturated rings. The number of carbonyl (C=O) groups is 1. The van der Waals surface area contributed by atoms with Gasteiger partial charge in [-0.2, -0.15) is 10.2 Å². The van der Waals surface area contributed by atoms with Crippen LogP contribution < -0.4 is 5.32 Å². The lowest BCUT2D eigenvalue weighted by molar-refractivity contribution is -0.119. The molecule has 1 N–H and O–H groups in total. The van der Waals surface area contributed by atoms with Crippen molar-refractivity contribution >= 4 is 39.1 Å². The highest BCUT2D eigenvalue weighted by atomic mass is 79.9. The molecule has 1 unspecified atom stereocenters. The maximum absolute atomic E-state index is 14.1. The number of hydrogen-bond acceptors (Lipinski definition) is 3. The van der Waals surface area contributed by atoms with E-state index in [0.29, 0.717) is 22.0 Å². The normalized spacial score (nSPS) is 12.3. The van der Waals surface area contributed by atoms with Crippen LogP contribution in [0.25, 0.3) is 0 Å². The van der Waals surface area contributed by atoms with Crippen molar-refractivity contribution in [1.82, 2.24) is 19.6 Å². The Kier molecular flexibility index (Phi) is 6.14. The molecule has 29 heavy (non-hydrogen) atoms. The molecule has 0 saturated heterocycles. The number of halogens is 3. The second kappa shape index (κ2) is 8.28. The summed E-state index contributed by atoms with van der Waals surface area (Å²) in [5.41, 5.74) is 4.03. The van der Waals surface area contributed by atoms with Crippen LogP contribution in [0, 0.1) is 33.5 Å². The minimum absolute atomic E-state index is 0.175. The van der Waals surface area contributed by atoms with Crippen LogP contribution in [0.15, 0.2) is 22.7 Å². The summed E-state index contributed by atoms with van der Waals surface area (Å²) in [4.78, 5) is 12.9. The quantitative estimate of drug-likeness (QED) is 0.549. The van der Waals surface area contributed by atoms with Gasteiger partial charge >= 0.3 is 0 Å². The fraction of sp³-hybridized carbons (Fsp3) is 0.350. The van der Waals surface area contributed by atoms with Gasteiger partial charge in [-0.15, -0.1) is 0 Å². The summed E-state index contributed by atoms with van der Waals surface area (Å²) in [6, 6.07) is 4.06. The largest absolute Gasteiger partial charge is 0.321 e. The van der Waals surface area contributed by atoms with Gasteiger partial charge in [0.1, 0.15) is 11.9 Å². The molecule has 1 aromatic carbocycles. The SMILES string of the molecule is Cc1nn(C(C)C(=O)Nc2c(C)nn(Cc3c(F)cccc3Cl)c2C)c(C)c1Br. The van der Waals surface area contributed by atoms with E-state index in [1.54, 1.807) is 35.3 Å². The number of amides is 1. The fourth-order valence-corrected chi connectivity index (χ4v) is 3.71. The van der Waals surface area contributed by atoms with Gasteiger partial charge < -0.3 is 5.32 Å². The van der Waals surface area contributed by atoms with Gasteiger partial charge in [0.2, 0.25) is 5.91 Å². The van der Waals surface area contributed by atoms with Gasteiger partial charge in [-0.05, 0) is 62.7 Å². The Bertz CT molecular complexity index is 1070. The third-order valence-corrected chi connectivity index (χ3v) is 6.48. The van der Waals surface area contributed by atoms with E-state index >= 15 is 0 Å². The summed E-state index contributed by atoms with van der Waals surface area (Å²) >= 11 is 9.62. The molecule has 9 heteroatoms. The van der Waals surface area contributed by atoms with E-state index in [-0.39, 0.29) is 18.3 Å². The lowest BCUT2D eigenvalue weighted by atomic mass is 10.2. The van der Waals surface area contributed by atoms with E-state index in [0.717, 1.165) is 21.6 Å². The van der Waals surface area contributed by atoms with Crippen molar-refractivity contribution in [3.63, 3.8) is 0 Å². The molecular formula is C20H22BrClFN5O. The molecule has 2 heterocycles. The van der Waals surface area contributed by atoms with E-state index in [9.17, 15) is 9.18 Å². The second-order valence-corrected chi connectivity index (χ2v) is 8.20. The number of hydrogen-bond donors (Lipinski definition) is 1. The molecule has 0 saturated carbocycles. The fourth-order valence-electron chi connectivity index (χ4n) is 3.22. The first kappa shape index (κ1) is 21.5. The highest BCUT2D eigenvalue weighted by Gasteiger charge is 2.23. The van der Waals surface area contributed by atoms with Crippen LogP contribution in [0.1, 0.15) is 41.3 Å². The Labute approximate surface area is 182 Å². The van der Waals surface area contributed by atoms with Crippen LogP contribution in [0.4, 0.5) is 10.1 Å². The summed E-state index contributed by atoms with van der Waals surface area (Å²) in [7, 11) is 0. The zero-order valence-corrected chi connectivity index (χ0v) is 19.2. The third kappa shape index (κ3) is 4.09. The molecule has 3 aromatic rings. The van der Waals surface area contributed by atoms with Gasteiger partial charge in [-0.3, -0.25) is 14.2 Å². The van der Waals surface area contributed by atoms with Crippen LogP contribution in [0.3, 0.4) is 0 Å². The molecule has 1 amide bonds. The van der Waals surface area contributed by atoms with Crippen molar-refractivity contribution in [2.24, 2.45) is 0 Å². The van der Waals surface area contributed by atoms with Gasteiger partial charge in [0, 0.05) is 10.6 Å². The Hall–Kier alpha value is -2.19. The van der Waals surface area contributed by atoms with Crippen LogP contribution in [-0.2, 0) is 11.3 Å². The first-order valence-electron chi connectivity index (χ1n) is 9.10. The molecule has 6 nitrogen and oxygen atoms in total. The average molecular weight is 483 g/mol. The maximum Gasteiger partial charge on any atom is 0.249 e. The summed E-state index contributed by atoms with van der Waals surface area (Å²) < 4.78 is 18.4. The summed E-state index contributed by atoms with van der Waals surface area (Å²) in [5, 5.41) is 12.2. The van der Waals surface area contributed by atoms with Crippen LogP contribution in [0.5, 0.6) is 0 Å². The monoisotopic (exact) mass is 481 g/mol. The smallest absolute Gasteiger partial charge is 0.249 e. The number of benzene rings is 1. The van der Waals surface area contributed by atoms with E-state index in [2.05, 4.69) is 31.4 Å². The van der Waals surface area contributed by atoms with Crippen molar-refractivity contribution in [3.05, 3.63) is 61.9 Å². The molecule has 1 atom stereocenters. The minimum Gasteiger partial charge on any atom is -0.321 e. The van der Waals surface area contributed by atoms with E-state index in [1.807, 2.05) is 20.8 Å². The molecule has 0 bridgehead atoms. The number of nitrogens with zero attached hydrogens (tertiary/aromatic N) is 4. The molecular weight excluding hydrogens is 461 g/mol. The molecule has 0 radical (unpaired) electrons. The van der Waals surface area contributed by atoms with E-state index < -0.39 is 6.04 Å². The van der Waals surface area contributed by atoms with Crippen LogP contribution >= 0.6 is 27.5 Å². The lowest BCUT2D eigenvalue weighted by Gasteiger charge is -2.15. The molecule has 154 valence electrons. The number of rotatable bonds is 5. The van der Waals surface area contributed by atoms with Crippen LogP contribution in [0.2, 0.25) is 5.02 Å². The molecule has 0 spiro atoms. The molecule has 0 aliphatic carbocycles. The number of aryl methyl sites for hydroxylation is 2. The standard InChI is InChI=1S/C20H22BrClFN5O/c1-10-18(21)12(3)28(26-10)14(5)20(29)24-19-11(2)25-27(13(19)4)9-15-16(22)7-6-8-17(15)23/h6-8,14H,9H2,1-5H3,(H,24,29). The molecule has 0 aliphatic rings. The molecule has 3 rings (SSSR count). The van der Waals surface area contributed by atoms with Crippen molar-refractivity contribution in [2.75, 3.05) is 5.32 Å². The van der Waals surface area contributed by atoms with Gasteiger partial charge in [0.25, 0.3) is 0 Å². The lowest BCUT2D eigenvalue weighted by Crippen LogP contribution is -2.25. The third-order valence-electron chi connectivity index (χ3n) is 4.98. The Balaban J connectivity index is 1.85. The number of carbonyl (C=O) groups excluding carboxylic acids is 1. The van der Waals surface area contributed by atoms with Gasteiger partial charge in [-0.1, -0.05) is 17.7 Å². The molecule has 0 aliphatic heterocycles. The van der Waals surface area contributed by atoms with Crippen LogP contribution in [-0.4, -0.2) is 25.5 Å². The summed E-state index contributed by atoms with van der Waals surface area (Å²) in [6.07, 6.45) is 0. The first-order chi connectivity index (χ1) is 13.6. The second-order valence-electron chi connectivity index (χ2n) is 7.00. The molecule has 2 aromatic heterocycles. The average Bonchev–Trinajstić information content (AvgIpc) is 3.08. The predicted molar refractivity (Wildman–Crippen MR) is 115 cm³/mol. The Morgan fingerprint density at radius 3 is 2.48 bits per heavy atom. The zero-order chi connectivity index (χ0) is 21.5. The van der Waals surface area contributed by atoms with Gasteiger partial charge in [0.15, 0.2) is 0 Å². The topological polar surface area (TPSA) is 64.7 Å². The Morgan fingerprint density at radius 2 is 1.90 bits per heavy atom. The zero-order valence-electron chi connectivity index (χ0n) is 16.8. The predicted octanol–water partition coefficient (Wildman–Crippen LogP) is 5.12. The van der Waals surface area contributed by atoms with Crippen molar-refractivity contribution in [2.45, 2.75) is 47.2 Å². The first-order valence-corrected chi connectivity index (χ1v) is 10.3.